The lowest BCUT2D eigenvalue weighted by atomic mass is 9.78. The first kappa shape index (κ1) is 7.64. The van der Waals surface area contributed by atoms with Crippen LogP contribution in [0.15, 0.2) is 0 Å². The zero-order valence-electron chi connectivity index (χ0n) is 8.06. The lowest BCUT2D eigenvalue weighted by molar-refractivity contribution is 0.243. The molecule has 0 N–H and O–H groups in total. The van der Waals surface area contributed by atoms with E-state index in [0.29, 0.717) is 0 Å². The van der Waals surface area contributed by atoms with E-state index in [1.54, 1.807) is 0 Å². The molecule has 0 aromatic rings. The van der Waals surface area contributed by atoms with Crippen molar-refractivity contribution in [2.45, 2.75) is 46.5 Å². The maximum absolute atomic E-state index is 2.45. The van der Waals surface area contributed by atoms with Crippen LogP contribution in [0.25, 0.3) is 0 Å². The second-order valence-corrected chi connectivity index (χ2v) is 4.99. The van der Waals surface area contributed by atoms with Gasteiger partial charge in [0.1, 0.15) is 0 Å². The third kappa shape index (κ3) is 0.947. The molecule has 2 unspecified atom stereocenters. The van der Waals surface area contributed by atoms with Crippen LogP contribution in [0, 0.1) is 23.2 Å². The summed E-state index contributed by atoms with van der Waals surface area (Å²) in [7, 11) is 0. The van der Waals surface area contributed by atoms with Crippen molar-refractivity contribution in [3.05, 3.63) is 0 Å². The molecule has 0 heterocycles. The van der Waals surface area contributed by atoms with Gasteiger partial charge in [0.15, 0.2) is 0 Å². The Morgan fingerprint density at radius 2 is 1.36 bits per heavy atom. The van der Waals surface area contributed by atoms with Crippen molar-refractivity contribution in [1.82, 2.24) is 0 Å². The predicted octanol–water partition coefficient (Wildman–Crippen LogP) is 3.47. The summed E-state index contributed by atoms with van der Waals surface area (Å²) in [4.78, 5) is 0. The average molecular weight is 152 g/mol. The van der Waals surface area contributed by atoms with Gasteiger partial charge >= 0.3 is 0 Å². The highest BCUT2D eigenvalue weighted by atomic mass is 14.6. The molecule has 2 aliphatic rings. The van der Waals surface area contributed by atoms with Gasteiger partial charge in [-0.25, -0.2) is 0 Å². The van der Waals surface area contributed by atoms with Crippen molar-refractivity contribution in [1.29, 1.82) is 0 Å². The monoisotopic (exact) mass is 152 g/mol. The quantitative estimate of drug-likeness (QED) is 0.498. The van der Waals surface area contributed by atoms with E-state index in [0.717, 1.165) is 23.2 Å². The Morgan fingerprint density at radius 3 is 1.73 bits per heavy atom. The summed E-state index contributed by atoms with van der Waals surface area (Å²) < 4.78 is 0. The third-order valence-corrected chi connectivity index (χ3v) is 4.66. The normalized spacial score (nSPS) is 56.5. The van der Waals surface area contributed by atoms with Gasteiger partial charge in [0.25, 0.3) is 0 Å². The van der Waals surface area contributed by atoms with Crippen LogP contribution >= 0.6 is 0 Å². The van der Waals surface area contributed by atoms with Gasteiger partial charge in [0.05, 0.1) is 0 Å². The molecular weight excluding hydrogens is 132 g/mol. The highest BCUT2D eigenvalue weighted by Crippen LogP contribution is 2.66. The molecule has 0 aliphatic heterocycles. The van der Waals surface area contributed by atoms with E-state index in [2.05, 4.69) is 20.8 Å². The second-order valence-electron chi connectivity index (χ2n) is 4.99. The van der Waals surface area contributed by atoms with E-state index in [4.69, 9.17) is 0 Å². The summed E-state index contributed by atoms with van der Waals surface area (Å²) in [6, 6.07) is 0. The van der Waals surface area contributed by atoms with Gasteiger partial charge in [0, 0.05) is 0 Å². The molecule has 0 bridgehead atoms. The molecule has 64 valence electrons. The Morgan fingerprint density at radius 1 is 0.909 bits per heavy atom. The fourth-order valence-corrected chi connectivity index (χ4v) is 3.16. The second kappa shape index (κ2) is 2.24. The molecule has 2 saturated carbocycles. The van der Waals surface area contributed by atoms with E-state index in [1.807, 2.05) is 0 Å². The van der Waals surface area contributed by atoms with E-state index < -0.39 is 0 Å². The van der Waals surface area contributed by atoms with Gasteiger partial charge in [-0.05, 0) is 36.0 Å². The van der Waals surface area contributed by atoms with Crippen LogP contribution in [0.5, 0.6) is 0 Å². The SMILES string of the molecule is CC1CCC2(CC1)C(C)C2C. The van der Waals surface area contributed by atoms with Gasteiger partial charge in [-0.2, -0.15) is 0 Å². The first-order valence-corrected chi connectivity index (χ1v) is 5.17. The van der Waals surface area contributed by atoms with Crippen molar-refractivity contribution >= 4 is 0 Å². The average Bonchev–Trinajstić information content (AvgIpc) is 2.50. The van der Waals surface area contributed by atoms with Gasteiger partial charge in [-0.1, -0.05) is 33.6 Å². The van der Waals surface area contributed by atoms with Crippen LogP contribution in [0.2, 0.25) is 0 Å². The Balaban J connectivity index is 1.98. The number of hydrogen-bond acceptors (Lipinski definition) is 0. The lowest BCUT2D eigenvalue weighted by Crippen LogP contribution is -2.15. The molecule has 2 atom stereocenters. The van der Waals surface area contributed by atoms with Crippen LogP contribution in [-0.4, -0.2) is 0 Å². The Bertz CT molecular complexity index is 141. The Kier molecular flexibility index (Phi) is 1.56. The minimum absolute atomic E-state index is 0.826. The molecular formula is C11H20. The number of hydrogen-bond donors (Lipinski definition) is 0. The highest BCUT2D eigenvalue weighted by Gasteiger charge is 2.58. The summed E-state index contributed by atoms with van der Waals surface area (Å²) in [5.74, 6) is 3.09. The van der Waals surface area contributed by atoms with Crippen LogP contribution in [0.4, 0.5) is 0 Å². The zero-order valence-corrected chi connectivity index (χ0v) is 8.06. The fraction of sp³-hybridized carbons (Fsp3) is 1.00. The molecule has 0 aromatic heterocycles. The first-order valence-electron chi connectivity index (χ1n) is 5.17. The summed E-state index contributed by atoms with van der Waals surface area (Å²) in [6.07, 6.45) is 6.04. The van der Waals surface area contributed by atoms with Crippen molar-refractivity contribution in [3.63, 3.8) is 0 Å². The van der Waals surface area contributed by atoms with E-state index in [9.17, 15) is 0 Å². The Labute approximate surface area is 70.4 Å². The zero-order chi connectivity index (χ0) is 8.06. The Hall–Kier alpha value is 0. The van der Waals surface area contributed by atoms with E-state index >= 15 is 0 Å². The maximum Gasteiger partial charge on any atom is -0.0240 e. The first-order chi connectivity index (χ1) is 5.17. The van der Waals surface area contributed by atoms with Crippen LogP contribution in [0.3, 0.4) is 0 Å². The lowest BCUT2D eigenvalue weighted by Gasteiger charge is -2.27. The van der Waals surface area contributed by atoms with Crippen LogP contribution in [-0.2, 0) is 0 Å². The fourth-order valence-electron chi connectivity index (χ4n) is 3.16. The molecule has 1 spiro atoms. The molecule has 11 heavy (non-hydrogen) atoms. The predicted molar refractivity (Wildman–Crippen MR) is 48.4 cm³/mol. The molecule has 2 rings (SSSR count). The maximum atomic E-state index is 2.45. The highest BCUT2D eigenvalue weighted by molar-refractivity contribution is 5.07. The smallest absolute Gasteiger partial charge is 0.0240 e. The van der Waals surface area contributed by atoms with Gasteiger partial charge in [-0.15, -0.1) is 0 Å². The van der Waals surface area contributed by atoms with Crippen molar-refractivity contribution in [2.75, 3.05) is 0 Å². The van der Waals surface area contributed by atoms with Crippen LogP contribution in [0.1, 0.15) is 46.5 Å². The molecule has 0 radical (unpaired) electrons. The molecule has 0 amide bonds. The van der Waals surface area contributed by atoms with Gasteiger partial charge in [-0.3, -0.25) is 0 Å². The van der Waals surface area contributed by atoms with Crippen molar-refractivity contribution < 1.29 is 0 Å². The summed E-state index contributed by atoms with van der Waals surface area (Å²) in [6.45, 7) is 7.30. The van der Waals surface area contributed by atoms with Gasteiger partial charge in [0.2, 0.25) is 0 Å². The standard InChI is InChI=1S/C11H20/c1-8-4-6-11(7-5-8)9(2)10(11)3/h8-10H,4-7H2,1-3H3. The molecule has 0 saturated heterocycles. The van der Waals surface area contributed by atoms with Gasteiger partial charge < -0.3 is 0 Å². The molecule has 2 fully saturated rings. The minimum atomic E-state index is 0.826. The van der Waals surface area contributed by atoms with Crippen molar-refractivity contribution in [2.24, 2.45) is 23.2 Å². The minimum Gasteiger partial charge on any atom is -0.0625 e. The van der Waals surface area contributed by atoms with Crippen molar-refractivity contribution in [3.8, 4) is 0 Å². The molecule has 2 aliphatic carbocycles. The summed E-state index contributed by atoms with van der Waals surface area (Å²) >= 11 is 0. The molecule has 0 aromatic carbocycles. The summed E-state index contributed by atoms with van der Waals surface area (Å²) in [5.41, 5.74) is 0.826. The molecule has 0 heteroatoms. The molecule has 0 nitrogen and oxygen atoms in total. The number of rotatable bonds is 0. The third-order valence-electron chi connectivity index (χ3n) is 4.66. The summed E-state index contributed by atoms with van der Waals surface area (Å²) in [5, 5.41) is 0. The van der Waals surface area contributed by atoms with Crippen LogP contribution < -0.4 is 0 Å². The largest absolute Gasteiger partial charge is 0.0625 e. The van der Waals surface area contributed by atoms with E-state index in [1.165, 1.54) is 25.7 Å². The van der Waals surface area contributed by atoms with E-state index in [-0.39, 0.29) is 0 Å². The topological polar surface area (TPSA) is 0 Å².